The number of aliphatic hydroxyl groups is 1. The van der Waals surface area contributed by atoms with Crippen LogP contribution in [0.5, 0.6) is 5.75 Å². The molecular weight excluding hydrogens is 272 g/mol. The number of hydrogen-bond donors (Lipinski definition) is 1. The van der Waals surface area contributed by atoms with Crippen LogP contribution >= 0.6 is 0 Å². The van der Waals surface area contributed by atoms with Crippen LogP contribution in [0, 0.1) is 6.92 Å². The van der Waals surface area contributed by atoms with Crippen molar-refractivity contribution >= 4 is 5.78 Å². The summed E-state index contributed by atoms with van der Waals surface area (Å²) in [7, 11) is 0. The Hall–Kier alpha value is -1.43. The van der Waals surface area contributed by atoms with Crippen molar-refractivity contribution in [3.05, 3.63) is 29.3 Å². The molecule has 0 aliphatic carbocycles. The van der Waals surface area contributed by atoms with Gasteiger partial charge in [-0.25, -0.2) is 0 Å². The highest BCUT2D eigenvalue weighted by atomic mass is 16.7. The number of Topliss-reactive ketones (excluding diaryl/α,β-unsaturated/α-hetero) is 1. The lowest BCUT2D eigenvalue weighted by molar-refractivity contribution is -0.165. The molecule has 5 heteroatoms. The summed E-state index contributed by atoms with van der Waals surface area (Å²) in [4.78, 5) is 11.7. The Balaban J connectivity index is 1.83. The van der Waals surface area contributed by atoms with E-state index in [0.717, 1.165) is 31.4 Å². The molecule has 0 radical (unpaired) electrons. The number of aryl methyl sites for hydroxylation is 1. The Morgan fingerprint density at radius 2 is 2.24 bits per heavy atom. The van der Waals surface area contributed by atoms with Gasteiger partial charge in [0, 0.05) is 6.61 Å². The van der Waals surface area contributed by atoms with Crippen molar-refractivity contribution < 1.29 is 24.1 Å². The third kappa shape index (κ3) is 4.81. The molecule has 21 heavy (non-hydrogen) atoms. The first-order valence-corrected chi connectivity index (χ1v) is 7.31. The predicted octanol–water partition coefficient (Wildman–Crippen LogP) is 2.09. The molecule has 0 saturated carbocycles. The maximum absolute atomic E-state index is 11.7. The number of ether oxygens (including phenoxy) is 3. The molecule has 1 aliphatic heterocycles. The summed E-state index contributed by atoms with van der Waals surface area (Å²) in [5, 5.41) is 9.00. The van der Waals surface area contributed by atoms with Crippen LogP contribution < -0.4 is 4.74 Å². The van der Waals surface area contributed by atoms with E-state index in [1.807, 2.05) is 13.0 Å². The van der Waals surface area contributed by atoms with Crippen LogP contribution in [-0.4, -0.2) is 43.6 Å². The van der Waals surface area contributed by atoms with Crippen LogP contribution in [0.3, 0.4) is 0 Å². The summed E-state index contributed by atoms with van der Waals surface area (Å²) < 4.78 is 16.6. The molecule has 0 amide bonds. The molecule has 1 heterocycles. The van der Waals surface area contributed by atoms with E-state index in [4.69, 9.17) is 19.3 Å². The van der Waals surface area contributed by atoms with Gasteiger partial charge in [-0.1, -0.05) is 11.6 Å². The molecule has 0 spiro atoms. The van der Waals surface area contributed by atoms with E-state index in [2.05, 4.69) is 0 Å². The average molecular weight is 294 g/mol. The Kier molecular flexibility index (Phi) is 6.17. The maximum Gasteiger partial charge on any atom is 0.191 e. The predicted molar refractivity (Wildman–Crippen MR) is 77.6 cm³/mol. The number of hydrogen-bond acceptors (Lipinski definition) is 5. The monoisotopic (exact) mass is 294 g/mol. The van der Waals surface area contributed by atoms with Gasteiger partial charge in [0.1, 0.15) is 19.0 Å². The number of aliphatic hydroxyl groups excluding tert-OH is 1. The molecule has 1 aliphatic rings. The molecule has 0 bridgehead atoms. The quantitative estimate of drug-likeness (QED) is 0.616. The van der Waals surface area contributed by atoms with Gasteiger partial charge < -0.3 is 19.3 Å². The molecular formula is C16H22O5. The van der Waals surface area contributed by atoms with E-state index in [9.17, 15) is 4.79 Å². The minimum Gasteiger partial charge on any atom is -0.490 e. The molecule has 116 valence electrons. The molecule has 2 rings (SSSR count). The molecule has 0 aromatic heterocycles. The normalized spacial score (nSPS) is 18.5. The smallest absolute Gasteiger partial charge is 0.191 e. The maximum atomic E-state index is 11.7. The first-order valence-electron chi connectivity index (χ1n) is 7.31. The van der Waals surface area contributed by atoms with E-state index in [1.165, 1.54) is 0 Å². The highest BCUT2D eigenvalue weighted by molar-refractivity contribution is 5.99. The third-order valence-electron chi connectivity index (χ3n) is 3.36. The summed E-state index contributed by atoms with van der Waals surface area (Å²) in [6.07, 6.45) is 2.99. The lowest BCUT2D eigenvalue weighted by Gasteiger charge is -2.22. The molecule has 1 N–H and O–H groups in total. The second-order valence-corrected chi connectivity index (χ2v) is 5.10. The first-order chi connectivity index (χ1) is 10.2. The molecule has 1 aromatic rings. The second kappa shape index (κ2) is 8.12. The minimum absolute atomic E-state index is 0.140. The van der Waals surface area contributed by atoms with Gasteiger partial charge in [0.05, 0.1) is 12.2 Å². The number of carbonyl (C=O) groups is 1. The Morgan fingerprint density at radius 3 is 2.95 bits per heavy atom. The standard InChI is InChI=1S/C16H22O5/c1-12-5-6-15(13(10-12)14(18)11-17)19-8-9-21-16-4-2-3-7-20-16/h5-6,10,16-17H,2-4,7-9,11H2,1H3. The minimum atomic E-state index is -0.522. The number of rotatable bonds is 7. The number of carbonyl (C=O) groups excluding carboxylic acids is 1. The van der Waals surface area contributed by atoms with Crippen molar-refractivity contribution in [1.29, 1.82) is 0 Å². The van der Waals surface area contributed by atoms with Crippen LogP contribution in [0.1, 0.15) is 35.2 Å². The average Bonchev–Trinajstić information content (AvgIpc) is 2.53. The first kappa shape index (κ1) is 15.9. The van der Waals surface area contributed by atoms with Crippen LogP contribution in [0.15, 0.2) is 18.2 Å². The zero-order chi connectivity index (χ0) is 15.1. The molecule has 5 nitrogen and oxygen atoms in total. The van der Waals surface area contributed by atoms with Crippen LogP contribution in [0.25, 0.3) is 0 Å². The molecule has 1 aromatic carbocycles. The third-order valence-corrected chi connectivity index (χ3v) is 3.36. The second-order valence-electron chi connectivity index (χ2n) is 5.10. The van der Waals surface area contributed by atoms with Crippen LogP contribution in [0.4, 0.5) is 0 Å². The van der Waals surface area contributed by atoms with E-state index < -0.39 is 6.61 Å². The summed E-state index contributed by atoms with van der Waals surface area (Å²) in [6.45, 7) is 2.87. The van der Waals surface area contributed by atoms with Crippen molar-refractivity contribution in [3.8, 4) is 5.75 Å². The fraction of sp³-hybridized carbons (Fsp3) is 0.562. The molecule has 1 unspecified atom stereocenters. The molecule has 1 saturated heterocycles. The Labute approximate surface area is 124 Å². The van der Waals surface area contributed by atoms with Gasteiger partial charge in [-0.15, -0.1) is 0 Å². The fourth-order valence-corrected chi connectivity index (χ4v) is 2.25. The van der Waals surface area contributed by atoms with Gasteiger partial charge in [-0.05, 0) is 38.3 Å². The van der Waals surface area contributed by atoms with E-state index >= 15 is 0 Å². The van der Waals surface area contributed by atoms with Gasteiger partial charge in [-0.2, -0.15) is 0 Å². The lowest BCUT2D eigenvalue weighted by Crippen LogP contribution is -2.24. The van der Waals surface area contributed by atoms with Crippen LogP contribution in [0.2, 0.25) is 0 Å². The Bertz CT molecular complexity index is 466. The number of ketones is 1. The fourth-order valence-electron chi connectivity index (χ4n) is 2.25. The van der Waals surface area contributed by atoms with Crippen molar-refractivity contribution in [2.75, 3.05) is 26.4 Å². The highest BCUT2D eigenvalue weighted by Crippen LogP contribution is 2.21. The lowest BCUT2D eigenvalue weighted by atomic mass is 10.1. The van der Waals surface area contributed by atoms with Gasteiger partial charge in [0.2, 0.25) is 0 Å². The SMILES string of the molecule is Cc1ccc(OCCOC2CCCCO2)c(C(=O)CO)c1. The van der Waals surface area contributed by atoms with E-state index in [1.54, 1.807) is 12.1 Å². The summed E-state index contributed by atoms with van der Waals surface area (Å²) in [5.74, 6) is 0.137. The van der Waals surface area contributed by atoms with Crippen molar-refractivity contribution in [3.63, 3.8) is 0 Å². The van der Waals surface area contributed by atoms with Crippen molar-refractivity contribution in [2.45, 2.75) is 32.5 Å². The zero-order valence-corrected chi connectivity index (χ0v) is 12.3. The van der Waals surface area contributed by atoms with Gasteiger partial charge in [-0.3, -0.25) is 4.79 Å². The van der Waals surface area contributed by atoms with E-state index in [-0.39, 0.29) is 12.1 Å². The van der Waals surface area contributed by atoms with Crippen molar-refractivity contribution in [1.82, 2.24) is 0 Å². The molecule has 1 atom stereocenters. The summed E-state index contributed by atoms with van der Waals surface area (Å²) in [5.41, 5.74) is 1.36. The van der Waals surface area contributed by atoms with Gasteiger partial charge in [0.25, 0.3) is 0 Å². The van der Waals surface area contributed by atoms with Gasteiger partial charge >= 0.3 is 0 Å². The van der Waals surface area contributed by atoms with Crippen molar-refractivity contribution in [2.24, 2.45) is 0 Å². The number of benzene rings is 1. The Morgan fingerprint density at radius 1 is 1.38 bits per heavy atom. The van der Waals surface area contributed by atoms with Gasteiger partial charge in [0.15, 0.2) is 12.1 Å². The highest BCUT2D eigenvalue weighted by Gasteiger charge is 2.15. The topological polar surface area (TPSA) is 65.0 Å². The molecule has 1 fully saturated rings. The largest absolute Gasteiger partial charge is 0.490 e. The van der Waals surface area contributed by atoms with Crippen LogP contribution in [-0.2, 0) is 9.47 Å². The summed E-state index contributed by atoms with van der Waals surface area (Å²) in [6, 6.07) is 5.34. The summed E-state index contributed by atoms with van der Waals surface area (Å²) >= 11 is 0. The zero-order valence-electron chi connectivity index (χ0n) is 12.3. The van der Waals surface area contributed by atoms with E-state index in [0.29, 0.717) is 24.5 Å².